The summed E-state index contributed by atoms with van der Waals surface area (Å²) in [5.74, 6) is 1.11. The lowest BCUT2D eigenvalue weighted by molar-refractivity contribution is 0.658. The molecule has 1 aliphatic rings. The Kier molecular flexibility index (Phi) is 1.80. The van der Waals surface area contributed by atoms with Gasteiger partial charge in [0, 0.05) is 24.5 Å². The molecule has 3 heterocycles. The molecule has 0 fully saturated rings. The van der Waals surface area contributed by atoms with E-state index in [1.165, 1.54) is 27.9 Å². The second-order valence-corrected chi connectivity index (χ2v) is 5.00. The van der Waals surface area contributed by atoms with Gasteiger partial charge in [0.1, 0.15) is 5.82 Å². The number of aromatic nitrogens is 3. The molecule has 3 nitrogen and oxygen atoms in total. The number of hydrogen-bond donors (Lipinski definition) is 0. The molecule has 0 atom stereocenters. The minimum Gasteiger partial charge on any atom is -0.342 e. The maximum Gasteiger partial charge on any atom is 0.106 e. The first-order chi connectivity index (χ1) is 8.77. The Hall–Kier alpha value is -2.03. The van der Waals surface area contributed by atoms with Crippen LogP contribution < -0.4 is 0 Å². The highest BCUT2D eigenvalue weighted by Gasteiger charge is 2.23. The van der Waals surface area contributed by atoms with Crippen molar-refractivity contribution >= 4 is 10.9 Å². The molecule has 0 radical (unpaired) electrons. The van der Waals surface area contributed by atoms with Gasteiger partial charge in [-0.3, -0.25) is 0 Å². The maximum absolute atomic E-state index is 4.46. The fourth-order valence-electron chi connectivity index (χ4n) is 3.21. The molecule has 90 valence electrons. The van der Waals surface area contributed by atoms with E-state index >= 15 is 0 Å². The molecule has 0 amide bonds. The Balaban J connectivity index is 2.16. The zero-order valence-corrected chi connectivity index (χ0v) is 10.6. The van der Waals surface area contributed by atoms with Crippen LogP contribution in [0.15, 0.2) is 30.5 Å². The van der Waals surface area contributed by atoms with Gasteiger partial charge in [-0.1, -0.05) is 18.2 Å². The first-order valence-electron chi connectivity index (χ1n) is 6.36. The van der Waals surface area contributed by atoms with Crippen LogP contribution in [0.25, 0.3) is 22.3 Å². The predicted molar refractivity (Wildman–Crippen MR) is 72.6 cm³/mol. The smallest absolute Gasteiger partial charge is 0.106 e. The molecule has 1 aromatic carbocycles. The van der Waals surface area contributed by atoms with Crippen LogP contribution in [0.2, 0.25) is 0 Å². The molecular weight excluding hydrogens is 222 g/mol. The summed E-state index contributed by atoms with van der Waals surface area (Å²) in [6, 6.07) is 8.66. The molecule has 4 rings (SSSR count). The van der Waals surface area contributed by atoms with Crippen LogP contribution in [-0.2, 0) is 20.0 Å². The highest BCUT2D eigenvalue weighted by atomic mass is 15.1. The van der Waals surface area contributed by atoms with Gasteiger partial charge in [-0.2, -0.15) is 0 Å². The van der Waals surface area contributed by atoms with Crippen molar-refractivity contribution in [3.05, 3.63) is 41.9 Å². The molecule has 0 aliphatic carbocycles. The molecule has 0 spiro atoms. The van der Waals surface area contributed by atoms with Crippen molar-refractivity contribution in [2.24, 2.45) is 7.05 Å². The van der Waals surface area contributed by atoms with Crippen LogP contribution >= 0.6 is 0 Å². The van der Waals surface area contributed by atoms with E-state index < -0.39 is 0 Å². The van der Waals surface area contributed by atoms with Crippen molar-refractivity contribution in [3.8, 4) is 11.4 Å². The minimum absolute atomic E-state index is 1.04. The van der Waals surface area contributed by atoms with Crippen molar-refractivity contribution in [1.82, 2.24) is 14.1 Å². The first kappa shape index (κ1) is 9.95. The molecule has 0 N–H and O–H groups in total. The number of imidazole rings is 1. The molecule has 3 heteroatoms. The average Bonchev–Trinajstić information content (AvgIpc) is 2.91. The van der Waals surface area contributed by atoms with Gasteiger partial charge in [-0.05, 0) is 25.0 Å². The number of aryl methyl sites for hydroxylation is 3. The normalized spacial score (nSPS) is 13.7. The Morgan fingerprint density at radius 2 is 2.06 bits per heavy atom. The van der Waals surface area contributed by atoms with Crippen molar-refractivity contribution in [2.75, 3.05) is 0 Å². The van der Waals surface area contributed by atoms with Crippen LogP contribution in [0.5, 0.6) is 0 Å². The lowest BCUT2D eigenvalue weighted by Crippen LogP contribution is -2.12. The topological polar surface area (TPSA) is 22.8 Å². The summed E-state index contributed by atoms with van der Waals surface area (Å²) in [6.45, 7) is 3.12. The summed E-state index contributed by atoms with van der Waals surface area (Å²) < 4.78 is 4.62. The highest BCUT2D eigenvalue weighted by molar-refractivity contribution is 5.91. The van der Waals surface area contributed by atoms with Gasteiger partial charge in [0.25, 0.3) is 0 Å². The quantitative estimate of drug-likeness (QED) is 0.589. The third-order valence-electron chi connectivity index (χ3n) is 4.09. The molecular formula is C15H15N3. The summed E-state index contributed by atoms with van der Waals surface area (Å²) in [5.41, 5.74) is 5.38. The molecule has 2 aromatic heterocycles. The zero-order chi connectivity index (χ0) is 12.3. The number of benzene rings is 1. The lowest BCUT2D eigenvalue weighted by atomic mass is 10.0. The summed E-state index contributed by atoms with van der Waals surface area (Å²) in [4.78, 5) is 4.46. The van der Waals surface area contributed by atoms with E-state index in [2.05, 4.69) is 52.4 Å². The van der Waals surface area contributed by atoms with Gasteiger partial charge in [0.15, 0.2) is 0 Å². The monoisotopic (exact) mass is 237 g/mol. The standard InChI is InChI=1S/C15H15N3/c1-10-16-9-14-15-12(7-8-18(10)14)11-5-3-4-6-13(11)17(15)2/h3-6,9H,7-8H2,1-2H3. The van der Waals surface area contributed by atoms with Gasteiger partial charge in [-0.25, -0.2) is 4.98 Å². The summed E-state index contributed by atoms with van der Waals surface area (Å²) in [5, 5.41) is 1.39. The number of fused-ring (bicyclic) bond motifs is 5. The van der Waals surface area contributed by atoms with Crippen LogP contribution in [0.4, 0.5) is 0 Å². The number of rotatable bonds is 0. The predicted octanol–water partition coefficient (Wildman–Crippen LogP) is 2.91. The van der Waals surface area contributed by atoms with E-state index in [0.29, 0.717) is 0 Å². The molecule has 1 aliphatic heterocycles. The van der Waals surface area contributed by atoms with E-state index in [1.54, 1.807) is 0 Å². The van der Waals surface area contributed by atoms with Gasteiger partial charge >= 0.3 is 0 Å². The number of hydrogen-bond acceptors (Lipinski definition) is 1. The Morgan fingerprint density at radius 3 is 2.94 bits per heavy atom. The van der Waals surface area contributed by atoms with Crippen molar-refractivity contribution in [3.63, 3.8) is 0 Å². The summed E-state index contributed by atoms with van der Waals surface area (Å²) in [6.07, 6.45) is 3.10. The Labute approximate surface area is 106 Å². The van der Waals surface area contributed by atoms with E-state index in [1.807, 2.05) is 6.20 Å². The fourth-order valence-corrected chi connectivity index (χ4v) is 3.21. The van der Waals surface area contributed by atoms with Crippen LogP contribution in [0.3, 0.4) is 0 Å². The van der Waals surface area contributed by atoms with Crippen LogP contribution in [-0.4, -0.2) is 14.1 Å². The van der Waals surface area contributed by atoms with E-state index in [9.17, 15) is 0 Å². The third-order valence-corrected chi connectivity index (χ3v) is 4.09. The number of para-hydroxylation sites is 1. The number of nitrogens with zero attached hydrogens (tertiary/aromatic N) is 3. The second-order valence-electron chi connectivity index (χ2n) is 5.00. The van der Waals surface area contributed by atoms with Crippen molar-refractivity contribution in [1.29, 1.82) is 0 Å². The zero-order valence-electron chi connectivity index (χ0n) is 10.6. The van der Waals surface area contributed by atoms with Crippen molar-refractivity contribution in [2.45, 2.75) is 19.9 Å². The highest BCUT2D eigenvalue weighted by Crippen LogP contribution is 2.36. The van der Waals surface area contributed by atoms with Crippen LogP contribution in [0, 0.1) is 6.92 Å². The molecule has 0 unspecified atom stereocenters. The molecule has 18 heavy (non-hydrogen) atoms. The Bertz CT molecular complexity index is 761. The van der Waals surface area contributed by atoms with Gasteiger partial charge in [0.05, 0.1) is 17.6 Å². The van der Waals surface area contributed by atoms with E-state index in [4.69, 9.17) is 0 Å². The van der Waals surface area contributed by atoms with E-state index in [0.717, 1.165) is 18.8 Å². The molecule has 3 aromatic rings. The first-order valence-corrected chi connectivity index (χ1v) is 6.36. The Morgan fingerprint density at radius 1 is 1.22 bits per heavy atom. The third kappa shape index (κ3) is 1.07. The fraction of sp³-hybridized carbons (Fsp3) is 0.267. The largest absolute Gasteiger partial charge is 0.342 e. The molecule has 0 bridgehead atoms. The van der Waals surface area contributed by atoms with Gasteiger partial charge in [0.2, 0.25) is 0 Å². The molecule has 0 saturated carbocycles. The van der Waals surface area contributed by atoms with Crippen molar-refractivity contribution < 1.29 is 0 Å². The second kappa shape index (κ2) is 3.25. The summed E-state index contributed by atoms with van der Waals surface area (Å²) in [7, 11) is 2.15. The van der Waals surface area contributed by atoms with E-state index in [-0.39, 0.29) is 0 Å². The van der Waals surface area contributed by atoms with Gasteiger partial charge < -0.3 is 9.13 Å². The lowest BCUT2D eigenvalue weighted by Gasteiger charge is -2.18. The summed E-state index contributed by atoms with van der Waals surface area (Å²) >= 11 is 0. The van der Waals surface area contributed by atoms with Crippen LogP contribution in [0.1, 0.15) is 11.4 Å². The van der Waals surface area contributed by atoms with Gasteiger partial charge in [-0.15, -0.1) is 0 Å². The maximum atomic E-state index is 4.46. The average molecular weight is 237 g/mol. The molecule has 0 saturated heterocycles. The SMILES string of the molecule is Cc1ncc2n1CCc1c-2n(C)c2ccccc12. The minimum atomic E-state index is 1.04.